The molecule has 0 saturated carbocycles. The zero-order chi connectivity index (χ0) is 22.5. The number of rotatable bonds is 7. The molecule has 1 aliphatic rings. The maximum atomic E-state index is 12.8. The summed E-state index contributed by atoms with van der Waals surface area (Å²) >= 11 is 6.22. The number of nitrogens with one attached hydrogen (secondary N) is 1. The van der Waals surface area contributed by atoms with E-state index in [0.29, 0.717) is 47.9 Å². The van der Waals surface area contributed by atoms with E-state index >= 15 is 0 Å². The Balaban J connectivity index is 1.46. The molecule has 0 radical (unpaired) electrons. The van der Waals surface area contributed by atoms with Gasteiger partial charge in [-0.05, 0) is 52.4 Å². The lowest BCUT2D eigenvalue weighted by Gasteiger charge is -2.33. The van der Waals surface area contributed by atoms with Gasteiger partial charge in [-0.25, -0.2) is 9.97 Å². The highest BCUT2D eigenvalue weighted by Crippen LogP contribution is 2.26. The predicted octanol–water partition coefficient (Wildman–Crippen LogP) is 2.23. The first kappa shape index (κ1) is 23.0. The summed E-state index contributed by atoms with van der Waals surface area (Å²) in [5.74, 6) is 1.14. The van der Waals surface area contributed by atoms with Crippen LogP contribution < -0.4 is 11.1 Å². The molecule has 3 heterocycles. The van der Waals surface area contributed by atoms with Gasteiger partial charge in [0.05, 0.1) is 11.8 Å². The molecule has 3 N–H and O–H groups in total. The number of halogens is 1. The maximum absolute atomic E-state index is 12.8. The number of carbonyl (C=O) groups is 2. The Morgan fingerprint density at radius 3 is 2.65 bits per heavy atom. The highest BCUT2D eigenvalue weighted by molar-refractivity contribution is 6.30. The lowest BCUT2D eigenvalue weighted by Crippen LogP contribution is -2.49. The number of nitrogens with zero attached hydrogens (tertiary/aromatic N) is 5. The molecule has 31 heavy (non-hydrogen) atoms. The van der Waals surface area contributed by atoms with E-state index in [1.54, 1.807) is 24.7 Å². The van der Waals surface area contributed by atoms with Gasteiger partial charge in [-0.15, -0.1) is 0 Å². The first-order valence-electron chi connectivity index (χ1n) is 10.7. The lowest BCUT2D eigenvalue weighted by atomic mass is 9.90. The third-order valence-electron chi connectivity index (χ3n) is 5.77. The van der Waals surface area contributed by atoms with Gasteiger partial charge in [-0.1, -0.05) is 11.6 Å². The molecule has 3 rings (SSSR count). The average Bonchev–Trinajstić information content (AvgIpc) is 3.22. The van der Waals surface area contributed by atoms with Gasteiger partial charge in [0, 0.05) is 31.4 Å². The van der Waals surface area contributed by atoms with Crippen molar-refractivity contribution in [2.45, 2.75) is 59.0 Å². The minimum absolute atomic E-state index is 0.0612. The van der Waals surface area contributed by atoms with Gasteiger partial charge < -0.3 is 16.0 Å². The second-order valence-electron chi connectivity index (χ2n) is 8.01. The summed E-state index contributed by atoms with van der Waals surface area (Å²) in [6, 6.07) is -0.586. The maximum Gasteiger partial charge on any atom is 0.255 e. The molecule has 2 aromatic rings. The molecule has 0 aliphatic carbocycles. The van der Waals surface area contributed by atoms with Crippen LogP contribution in [0.15, 0.2) is 12.4 Å². The van der Waals surface area contributed by atoms with E-state index in [2.05, 4.69) is 20.4 Å². The average molecular weight is 448 g/mol. The van der Waals surface area contributed by atoms with Crippen molar-refractivity contribution in [2.75, 3.05) is 18.8 Å². The fourth-order valence-electron chi connectivity index (χ4n) is 3.87. The number of hydrogen-bond acceptors (Lipinski definition) is 6. The van der Waals surface area contributed by atoms with Gasteiger partial charge in [-0.2, -0.15) is 5.10 Å². The number of hydrogen-bond donors (Lipinski definition) is 2. The van der Waals surface area contributed by atoms with Crippen LogP contribution in [0.4, 0.5) is 5.82 Å². The largest absolute Gasteiger partial charge is 0.383 e. The van der Waals surface area contributed by atoms with Crippen LogP contribution in [-0.2, 0) is 17.8 Å². The fourth-order valence-corrected chi connectivity index (χ4v) is 4.19. The Morgan fingerprint density at radius 1 is 1.32 bits per heavy atom. The van der Waals surface area contributed by atoms with Crippen molar-refractivity contribution in [1.29, 1.82) is 0 Å². The molecule has 0 aromatic carbocycles. The third kappa shape index (κ3) is 5.72. The van der Waals surface area contributed by atoms with Crippen LogP contribution in [0.25, 0.3) is 0 Å². The molecule has 168 valence electrons. The molecule has 0 spiro atoms. The normalized spacial score (nSPS) is 15.7. The van der Waals surface area contributed by atoms with E-state index < -0.39 is 6.04 Å². The van der Waals surface area contributed by atoms with Gasteiger partial charge in [0.15, 0.2) is 0 Å². The van der Waals surface area contributed by atoms with Gasteiger partial charge in [0.25, 0.3) is 5.91 Å². The lowest BCUT2D eigenvalue weighted by molar-refractivity contribution is -0.134. The van der Waals surface area contributed by atoms with Crippen LogP contribution >= 0.6 is 11.6 Å². The molecule has 1 atom stereocenters. The molecule has 1 fully saturated rings. The number of anilines is 1. The second-order valence-corrected chi connectivity index (χ2v) is 8.37. The zero-order valence-corrected chi connectivity index (χ0v) is 19.0. The first-order valence-corrected chi connectivity index (χ1v) is 11.1. The predicted molar refractivity (Wildman–Crippen MR) is 119 cm³/mol. The van der Waals surface area contributed by atoms with Crippen molar-refractivity contribution >= 4 is 29.2 Å². The summed E-state index contributed by atoms with van der Waals surface area (Å²) < 4.78 is 1.68. The number of amides is 2. The number of aromatic nitrogens is 4. The van der Waals surface area contributed by atoms with Crippen LogP contribution in [0.3, 0.4) is 0 Å². The topological polar surface area (TPSA) is 119 Å². The number of nitrogens with two attached hydrogens (primary N) is 1. The molecule has 10 heteroatoms. The monoisotopic (exact) mass is 447 g/mol. The highest BCUT2D eigenvalue weighted by atomic mass is 35.5. The number of nitrogen functional groups attached to an aromatic ring is 1. The van der Waals surface area contributed by atoms with Gasteiger partial charge in [0.1, 0.15) is 22.8 Å². The summed E-state index contributed by atoms with van der Waals surface area (Å²) in [6.45, 7) is 7.46. The molecule has 9 nitrogen and oxygen atoms in total. The van der Waals surface area contributed by atoms with Crippen molar-refractivity contribution < 1.29 is 9.59 Å². The Bertz CT molecular complexity index is 915. The van der Waals surface area contributed by atoms with E-state index in [-0.39, 0.29) is 11.8 Å². The number of aryl methyl sites for hydroxylation is 2. The summed E-state index contributed by atoms with van der Waals surface area (Å²) in [7, 11) is 0. The smallest absolute Gasteiger partial charge is 0.255 e. The Kier molecular flexibility index (Phi) is 7.48. The fraction of sp³-hybridized carbons (Fsp3) is 0.571. The minimum atomic E-state index is -0.586. The molecule has 1 aliphatic heterocycles. The van der Waals surface area contributed by atoms with Crippen molar-refractivity contribution in [3.05, 3.63) is 34.5 Å². The summed E-state index contributed by atoms with van der Waals surface area (Å²) in [5.41, 5.74) is 7.25. The first-order chi connectivity index (χ1) is 14.8. The van der Waals surface area contributed by atoms with Gasteiger partial charge in [-0.3, -0.25) is 14.3 Å². The standard InChI is InChI=1S/C21H30ClN7O2/c1-4-29-12-16(11-24-29)20(30)25-13(2)21(31)28-9-7-15(8-10-28)5-6-17-18(22)26-14(3)27-19(17)23/h11-13,15H,4-10H2,1-3H3,(H,25,30)(H2,23,26,27). The van der Waals surface area contributed by atoms with Crippen molar-refractivity contribution in [1.82, 2.24) is 30.0 Å². The van der Waals surface area contributed by atoms with E-state index in [1.165, 1.54) is 6.20 Å². The molecular formula is C21H30ClN7O2. The Hall–Kier alpha value is -2.68. The Labute approximate surface area is 187 Å². The van der Waals surface area contributed by atoms with Crippen molar-refractivity contribution in [3.8, 4) is 0 Å². The molecule has 2 amide bonds. The quantitative estimate of drug-likeness (QED) is 0.628. The van der Waals surface area contributed by atoms with Crippen LogP contribution in [-0.4, -0.2) is 55.6 Å². The van der Waals surface area contributed by atoms with Gasteiger partial charge >= 0.3 is 0 Å². The zero-order valence-electron chi connectivity index (χ0n) is 18.3. The molecule has 1 unspecified atom stereocenters. The highest BCUT2D eigenvalue weighted by Gasteiger charge is 2.27. The number of likely N-dealkylation sites (tertiary alicyclic amines) is 1. The summed E-state index contributed by atoms with van der Waals surface area (Å²) in [6.07, 6.45) is 6.64. The van der Waals surface area contributed by atoms with E-state index in [4.69, 9.17) is 17.3 Å². The van der Waals surface area contributed by atoms with Crippen LogP contribution in [0.5, 0.6) is 0 Å². The molecule has 2 aromatic heterocycles. The van der Waals surface area contributed by atoms with Crippen molar-refractivity contribution in [2.24, 2.45) is 5.92 Å². The summed E-state index contributed by atoms with van der Waals surface area (Å²) in [4.78, 5) is 35.3. The molecule has 0 bridgehead atoms. The second kappa shape index (κ2) is 10.1. The molecular weight excluding hydrogens is 418 g/mol. The van der Waals surface area contributed by atoms with Crippen LogP contribution in [0, 0.1) is 12.8 Å². The third-order valence-corrected chi connectivity index (χ3v) is 6.08. The number of piperidine rings is 1. The SMILES string of the molecule is CCn1cc(C(=O)NC(C)C(=O)N2CCC(CCc3c(N)nc(C)nc3Cl)CC2)cn1. The van der Waals surface area contributed by atoms with Gasteiger partial charge in [0.2, 0.25) is 5.91 Å². The van der Waals surface area contributed by atoms with E-state index in [9.17, 15) is 9.59 Å². The van der Waals surface area contributed by atoms with Crippen LogP contribution in [0.2, 0.25) is 5.15 Å². The number of carbonyl (C=O) groups excluding carboxylic acids is 2. The summed E-state index contributed by atoms with van der Waals surface area (Å²) in [5, 5.41) is 7.30. The minimum Gasteiger partial charge on any atom is -0.383 e. The van der Waals surface area contributed by atoms with Crippen molar-refractivity contribution in [3.63, 3.8) is 0 Å². The Morgan fingerprint density at radius 2 is 2.03 bits per heavy atom. The molecule has 1 saturated heterocycles. The van der Waals surface area contributed by atoms with E-state index in [1.807, 2.05) is 11.8 Å². The van der Waals surface area contributed by atoms with E-state index in [0.717, 1.165) is 31.2 Å². The van der Waals surface area contributed by atoms with Crippen LogP contribution in [0.1, 0.15) is 54.9 Å².